The van der Waals surface area contributed by atoms with Gasteiger partial charge in [-0.05, 0) is 32.2 Å². The van der Waals surface area contributed by atoms with E-state index in [1.807, 2.05) is 6.92 Å². The fourth-order valence-corrected chi connectivity index (χ4v) is 2.66. The standard InChI is InChI=1S/C13H17F2N3O2/c1-8-2-3-9(6-16)7-17(8)12-5-10(14)4-11(15)13(12)18(19)20/h4-5,8-9H,2-3,6-7,16H2,1H3. The summed E-state index contributed by atoms with van der Waals surface area (Å²) in [6, 6.07) is 1.55. The maximum atomic E-state index is 13.7. The van der Waals surface area contributed by atoms with Gasteiger partial charge < -0.3 is 10.6 Å². The summed E-state index contributed by atoms with van der Waals surface area (Å²) in [7, 11) is 0. The second kappa shape index (κ2) is 5.70. The van der Waals surface area contributed by atoms with Crippen LogP contribution in [0.4, 0.5) is 20.2 Å². The average molecular weight is 285 g/mol. The molecule has 0 saturated carbocycles. The Morgan fingerprint density at radius 3 is 2.75 bits per heavy atom. The molecule has 2 rings (SSSR count). The lowest BCUT2D eigenvalue weighted by atomic mass is 9.93. The number of hydrogen-bond donors (Lipinski definition) is 1. The monoisotopic (exact) mass is 285 g/mol. The number of anilines is 1. The van der Waals surface area contributed by atoms with Gasteiger partial charge in [-0.2, -0.15) is 4.39 Å². The number of halogens is 2. The molecule has 0 radical (unpaired) electrons. The van der Waals surface area contributed by atoms with E-state index in [1.54, 1.807) is 4.90 Å². The van der Waals surface area contributed by atoms with Crippen molar-refractivity contribution in [2.45, 2.75) is 25.8 Å². The van der Waals surface area contributed by atoms with E-state index in [9.17, 15) is 18.9 Å². The third kappa shape index (κ3) is 2.72. The summed E-state index contributed by atoms with van der Waals surface area (Å²) >= 11 is 0. The number of benzene rings is 1. The van der Waals surface area contributed by atoms with Crippen molar-refractivity contribution in [3.8, 4) is 0 Å². The first-order valence-corrected chi connectivity index (χ1v) is 6.54. The van der Waals surface area contributed by atoms with Crippen molar-refractivity contribution < 1.29 is 13.7 Å². The lowest BCUT2D eigenvalue weighted by Gasteiger charge is -2.39. The molecule has 2 N–H and O–H groups in total. The highest BCUT2D eigenvalue weighted by Crippen LogP contribution is 2.36. The highest BCUT2D eigenvalue weighted by molar-refractivity contribution is 5.64. The van der Waals surface area contributed by atoms with Crippen molar-refractivity contribution in [1.82, 2.24) is 0 Å². The maximum absolute atomic E-state index is 13.7. The van der Waals surface area contributed by atoms with Crippen molar-refractivity contribution in [3.63, 3.8) is 0 Å². The molecule has 1 aliphatic heterocycles. The molecule has 2 unspecified atom stereocenters. The first-order chi connectivity index (χ1) is 9.43. The molecule has 7 heteroatoms. The van der Waals surface area contributed by atoms with E-state index < -0.39 is 22.2 Å². The van der Waals surface area contributed by atoms with Crippen LogP contribution in [0.3, 0.4) is 0 Å². The Balaban J connectivity index is 2.47. The van der Waals surface area contributed by atoms with Crippen LogP contribution in [-0.4, -0.2) is 24.1 Å². The third-order valence-corrected chi connectivity index (χ3v) is 3.81. The number of nitrogens with two attached hydrogens (primary N) is 1. The topological polar surface area (TPSA) is 72.4 Å². The molecule has 1 aromatic rings. The van der Waals surface area contributed by atoms with Crippen LogP contribution in [0.5, 0.6) is 0 Å². The average Bonchev–Trinajstić information content (AvgIpc) is 2.37. The first kappa shape index (κ1) is 14.6. The SMILES string of the molecule is CC1CCC(CN)CN1c1cc(F)cc(F)c1[N+](=O)[O-]. The molecule has 1 saturated heterocycles. The molecule has 0 aliphatic carbocycles. The minimum Gasteiger partial charge on any atom is -0.363 e. The lowest BCUT2D eigenvalue weighted by Crippen LogP contribution is -2.44. The molecule has 1 heterocycles. The smallest absolute Gasteiger partial charge is 0.328 e. The second-order valence-corrected chi connectivity index (χ2v) is 5.19. The van der Waals surface area contributed by atoms with E-state index in [-0.39, 0.29) is 17.6 Å². The highest BCUT2D eigenvalue weighted by Gasteiger charge is 2.32. The molecular formula is C13H17F2N3O2. The minimum absolute atomic E-state index is 0.00171. The third-order valence-electron chi connectivity index (χ3n) is 3.81. The zero-order valence-corrected chi connectivity index (χ0v) is 11.2. The fourth-order valence-electron chi connectivity index (χ4n) is 2.66. The predicted molar refractivity (Wildman–Crippen MR) is 71.6 cm³/mol. The van der Waals surface area contributed by atoms with Gasteiger partial charge in [0.05, 0.1) is 4.92 Å². The van der Waals surface area contributed by atoms with Crippen LogP contribution in [0.15, 0.2) is 12.1 Å². The number of nitro groups is 1. The van der Waals surface area contributed by atoms with Gasteiger partial charge in [0.15, 0.2) is 0 Å². The van der Waals surface area contributed by atoms with Crippen LogP contribution in [0.25, 0.3) is 0 Å². The molecule has 0 spiro atoms. The van der Waals surface area contributed by atoms with Crippen LogP contribution >= 0.6 is 0 Å². The Morgan fingerprint density at radius 1 is 1.45 bits per heavy atom. The normalized spacial score (nSPS) is 22.9. The van der Waals surface area contributed by atoms with E-state index >= 15 is 0 Å². The number of nitrogens with zero attached hydrogens (tertiary/aromatic N) is 2. The van der Waals surface area contributed by atoms with Crippen molar-refractivity contribution in [3.05, 3.63) is 33.9 Å². The van der Waals surface area contributed by atoms with Gasteiger partial charge in [-0.3, -0.25) is 10.1 Å². The van der Waals surface area contributed by atoms with Gasteiger partial charge in [-0.1, -0.05) is 0 Å². The van der Waals surface area contributed by atoms with Crippen molar-refractivity contribution in [2.24, 2.45) is 11.7 Å². The molecule has 20 heavy (non-hydrogen) atoms. The summed E-state index contributed by atoms with van der Waals surface area (Å²) in [6.45, 7) is 2.81. The summed E-state index contributed by atoms with van der Waals surface area (Å²) in [5.74, 6) is -1.78. The fraction of sp³-hybridized carbons (Fsp3) is 0.538. The molecule has 1 aliphatic rings. The predicted octanol–water partition coefficient (Wildman–Crippen LogP) is 2.44. The Kier molecular flexibility index (Phi) is 4.17. The highest BCUT2D eigenvalue weighted by atomic mass is 19.1. The Hall–Kier alpha value is -1.76. The molecule has 0 aromatic heterocycles. The lowest BCUT2D eigenvalue weighted by molar-refractivity contribution is -0.386. The summed E-state index contributed by atoms with van der Waals surface area (Å²) < 4.78 is 27.1. The van der Waals surface area contributed by atoms with Crippen LogP contribution < -0.4 is 10.6 Å². The second-order valence-electron chi connectivity index (χ2n) is 5.19. The van der Waals surface area contributed by atoms with Gasteiger partial charge in [0.2, 0.25) is 5.82 Å². The van der Waals surface area contributed by atoms with E-state index in [2.05, 4.69) is 0 Å². The van der Waals surface area contributed by atoms with Crippen LogP contribution in [0.2, 0.25) is 0 Å². The summed E-state index contributed by atoms with van der Waals surface area (Å²) in [6.07, 6.45) is 1.71. The van der Waals surface area contributed by atoms with E-state index in [4.69, 9.17) is 5.73 Å². The number of hydrogen-bond acceptors (Lipinski definition) is 4. The number of rotatable bonds is 3. The van der Waals surface area contributed by atoms with Crippen molar-refractivity contribution >= 4 is 11.4 Å². The van der Waals surface area contributed by atoms with Gasteiger partial charge >= 0.3 is 5.69 Å². The zero-order chi connectivity index (χ0) is 14.9. The van der Waals surface area contributed by atoms with Gasteiger partial charge in [0.1, 0.15) is 11.5 Å². The zero-order valence-electron chi connectivity index (χ0n) is 11.2. The largest absolute Gasteiger partial charge is 0.363 e. The van der Waals surface area contributed by atoms with Crippen molar-refractivity contribution in [2.75, 3.05) is 18.0 Å². The van der Waals surface area contributed by atoms with Crippen molar-refractivity contribution in [1.29, 1.82) is 0 Å². The van der Waals surface area contributed by atoms with E-state index in [0.717, 1.165) is 18.9 Å². The quantitative estimate of drug-likeness (QED) is 0.684. The van der Waals surface area contributed by atoms with E-state index in [0.29, 0.717) is 19.2 Å². The summed E-state index contributed by atoms with van der Waals surface area (Å²) in [4.78, 5) is 11.9. The Bertz CT molecular complexity index is 525. The number of piperidine rings is 1. The van der Waals surface area contributed by atoms with Crippen LogP contribution in [-0.2, 0) is 0 Å². The summed E-state index contributed by atoms with van der Waals surface area (Å²) in [5.41, 5.74) is 4.97. The van der Waals surface area contributed by atoms with Gasteiger partial charge in [0.25, 0.3) is 0 Å². The first-order valence-electron chi connectivity index (χ1n) is 6.54. The minimum atomic E-state index is -1.15. The molecule has 0 amide bonds. The molecule has 1 fully saturated rings. The van der Waals surface area contributed by atoms with Crippen LogP contribution in [0.1, 0.15) is 19.8 Å². The number of nitro benzene ring substituents is 1. The maximum Gasteiger partial charge on any atom is 0.328 e. The molecule has 2 atom stereocenters. The van der Waals surface area contributed by atoms with Gasteiger partial charge in [-0.25, -0.2) is 4.39 Å². The van der Waals surface area contributed by atoms with E-state index in [1.165, 1.54) is 0 Å². The Labute approximate surface area is 115 Å². The Morgan fingerprint density at radius 2 is 2.15 bits per heavy atom. The molecule has 0 bridgehead atoms. The molecule has 1 aromatic carbocycles. The molecule has 110 valence electrons. The molecule has 5 nitrogen and oxygen atoms in total. The van der Waals surface area contributed by atoms with Crippen LogP contribution in [0, 0.1) is 27.7 Å². The summed E-state index contributed by atoms with van der Waals surface area (Å²) in [5, 5.41) is 11.0. The van der Waals surface area contributed by atoms with Gasteiger partial charge in [0, 0.05) is 24.7 Å². The molecular weight excluding hydrogens is 268 g/mol. The van der Waals surface area contributed by atoms with Gasteiger partial charge in [-0.15, -0.1) is 0 Å².